The number of nitrogens with zero attached hydrogens (tertiary/aromatic N) is 5. The Kier molecular flexibility index (Phi) is 3.90. The Morgan fingerprint density at radius 2 is 2.28 bits per heavy atom. The van der Waals surface area contributed by atoms with Gasteiger partial charge >= 0.3 is 0 Å². The predicted octanol–water partition coefficient (Wildman–Crippen LogP) is 2.61. The van der Waals surface area contributed by atoms with Gasteiger partial charge in [-0.1, -0.05) is 11.2 Å². The fourth-order valence-corrected chi connectivity index (χ4v) is 3.27. The van der Waals surface area contributed by atoms with E-state index in [4.69, 9.17) is 9.26 Å². The van der Waals surface area contributed by atoms with Crippen molar-refractivity contribution in [3.8, 4) is 6.07 Å². The number of anilines is 1. The van der Waals surface area contributed by atoms with Gasteiger partial charge in [0.05, 0.1) is 18.4 Å². The van der Waals surface area contributed by atoms with E-state index in [1.54, 1.807) is 0 Å². The molecule has 1 atom stereocenters. The highest BCUT2D eigenvalue weighted by Crippen LogP contribution is 2.26. The molecule has 1 saturated heterocycles. The van der Waals surface area contributed by atoms with Gasteiger partial charge in [-0.25, -0.2) is 4.98 Å². The molecule has 0 amide bonds. The third-order valence-electron chi connectivity index (χ3n) is 4.71. The summed E-state index contributed by atoms with van der Waals surface area (Å²) in [7, 11) is 0. The van der Waals surface area contributed by atoms with Crippen molar-refractivity contribution in [2.24, 2.45) is 0 Å². The van der Waals surface area contributed by atoms with Crippen molar-refractivity contribution < 1.29 is 9.26 Å². The van der Waals surface area contributed by atoms with E-state index in [0.717, 1.165) is 48.0 Å². The Balaban J connectivity index is 1.49. The Morgan fingerprint density at radius 3 is 3.04 bits per heavy atom. The Morgan fingerprint density at radius 1 is 1.40 bits per heavy atom. The molecule has 3 aromatic heterocycles. The summed E-state index contributed by atoms with van der Waals surface area (Å²) in [5, 5.41) is 13.5. The van der Waals surface area contributed by atoms with Crippen molar-refractivity contribution in [1.29, 1.82) is 5.26 Å². The molecule has 25 heavy (non-hydrogen) atoms. The lowest BCUT2D eigenvalue weighted by molar-refractivity contribution is 0.0544. The summed E-state index contributed by atoms with van der Waals surface area (Å²) in [4.78, 5) is 6.75. The number of pyridine rings is 1. The molecule has 4 heterocycles. The van der Waals surface area contributed by atoms with Crippen molar-refractivity contribution in [2.75, 3.05) is 18.0 Å². The van der Waals surface area contributed by atoms with Crippen LogP contribution < -0.4 is 4.90 Å². The summed E-state index contributed by atoms with van der Waals surface area (Å²) in [5.41, 5.74) is 3.25. The van der Waals surface area contributed by atoms with Crippen molar-refractivity contribution in [3.05, 3.63) is 47.1 Å². The van der Waals surface area contributed by atoms with Gasteiger partial charge in [0.15, 0.2) is 11.5 Å². The average molecular weight is 337 g/mol. The summed E-state index contributed by atoms with van der Waals surface area (Å²) in [5.74, 6) is 1.54. The molecule has 1 aliphatic heterocycles. The number of rotatable bonds is 4. The number of fused-ring (bicyclic) bond motifs is 1. The third kappa shape index (κ3) is 2.75. The van der Waals surface area contributed by atoms with Gasteiger partial charge in [-0.2, -0.15) is 5.26 Å². The fourth-order valence-electron chi connectivity index (χ4n) is 3.27. The molecule has 0 radical (unpaired) electrons. The van der Waals surface area contributed by atoms with Gasteiger partial charge in [-0.05, 0) is 32.4 Å². The standard InChI is InChI=1S/C18H19N5O2/c1-12-15(13(2)25-21-12)11-24-14-6-8-22(10-14)18-16(9-19)23-7-4-3-5-17(23)20-18/h3-5,7,14H,6,8,10-11H2,1-2H3. The van der Waals surface area contributed by atoms with Crippen LogP contribution in [0.3, 0.4) is 0 Å². The highest BCUT2D eigenvalue weighted by Gasteiger charge is 2.28. The molecule has 0 N–H and O–H groups in total. The molecule has 0 spiro atoms. The first-order chi connectivity index (χ1) is 12.2. The summed E-state index contributed by atoms with van der Waals surface area (Å²) >= 11 is 0. The SMILES string of the molecule is Cc1noc(C)c1COC1CCN(c2nc3ccccn3c2C#N)C1. The van der Waals surface area contributed by atoms with Crippen LogP contribution in [0.4, 0.5) is 5.82 Å². The minimum atomic E-state index is 0.102. The van der Waals surface area contributed by atoms with E-state index in [2.05, 4.69) is 21.1 Å². The maximum atomic E-state index is 9.53. The summed E-state index contributed by atoms with van der Waals surface area (Å²) in [6.45, 7) is 5.87. The van der Waals surface area contributed by atoms with Crippen LogP contribution >= 0.6 is 0 Å². The van der Waals surface area contributed by atoms with Crippen LogP contribution in [-0.2, 0) is 11.3 Å². The second-order valence-corrected chi connectivity index (χ2v) is 6.30. The zero-order valence-corrected chi connectivity index (χ0v) is 14.3. The number of nitriles is 1. The molecule has 0 saturated carbocycles. The first-order valence-electron chi connectivity index (χ1n) is 8.33. The Labute approximate surface area is 145 Å². The van der Waals surface area contributed by atoms with Crippen LogP contribution in [0.1, 0.15) is 29.1 Å². The average Bonchev–Trinajstić information content (AvgIpc) is 3.30. The molecule has 1 aliphatic rings. The van der Waals surface area contributed by atoms with E-state index in [9.17, 15) is 5.26 Å². The molecule has 7 nitrogen and oxygen atoms in total. The van der Waals surface area contributed by atoms with Gasteiger partial charge in [0.25, 0.3) is 0 Å². The van der Waals surface area contributed by atoms with E-state index in [1.165, 1.54) is 0 Å². The maximum absolute atomic E-state index is 9.53. The van der Waals surface area contributed by atoms with Gasteiger partial charge in [0.2, 0.25) is 0 Å². The van der Waals surface area contributed by atoms with Gasteiger partial charge in [-0.3, -0.25) is 4.40 Å². The lowest BCUT2D eigenvalue weighted by Crippen LogP contribution is -2.24. The van der Waals surface area contributed by atoms with Crippen LogP contribution in [-0.4, -0.2) is 33.7 Å². The van der Waals surface area contributed by atoms with E-state index in [-0.39, 0.29) is 6.10 Å². The fraction of sp³-hybridized carbons (Fsp3) is 0.389. The summed E-state index contributed by atoms with van der Waals surface area (Å²) in [6, 6.07) is 8.01. The van der Waals surface area contributed by atoms with Crippen molar-refractivity contribution >= 4 is 11.5 Å². The molecular weight excluding hydrogens is 318 g/mol. The summed E-state index contributed by atoms with van der Waals surface area (Å²) in [6.07, 6.45) is 2.87. The molecular formula is C18H19N5O2. The van der Waals surface area contributed by atoms with Crippen LogP contribution in [0.25, 0.3) is 5.65 Å². The minimum absolute atomic E-state index is 0.102. The van der Waals surface area contributed by atoms with Crippen LogP contribution in [0.2, 0.25) is 0 Å². The van der Waals surface area contributed by atoms with Gasteiger partial charge in [0, 0.05) is 24.8 Å². The molecule has 3 aromatic rings. The normalized spacial score (nSPS) is 17.3. The monoisotopic (exact) mass is 337 g/mol. The zero-order chi connectivity index (χ0) is 17.4. The number of aryl methyl sites for hydroxylation is 2. The molecule has 0 aliphatic carbocycles. The van der Waals surface area contributed by atoms with Gasteiger partial charge in [0.1, 0.15) is 17.5 Å². The van der Waals surface area contributed by atoms with Crippen molar-refractivity contribution in [2.45, 2.75) is 33.0 Å². The van der Waals surface area contributed by atoms with Crippen LogP contribution in [0.5, 0.6) is 0 Å². The molecule has 7 heteroatoms. The molecule has 0 bridgehead atoms. The number of ether oxygens (including phenoxy) is 1. The highest BCUT2D eigenvalue weighted by molar-refractivity contribution is 5.60. The first kappa shape index (κ1) is 15.7. The van der Waals surface area contributed by atoms with E-state index in [0.29, 0.717) is 12.3 Å². The predicted molar refractivity (Wildman–Crippen MR) is 91.3 cm³/mol. The second kappa shape index (κ2) is 6.22. The largest absolute Gasteiger partial charge is 0.371 e. The third-order valence-corrected chi connectivity index (χ3v) is 4.71. The number of hydrogen-bond acceptors (Lipinski definition) is 6. The molecule has 4 rings (SSSR count). The lowest BCUT2D eigenvalue weighted by Gasteiger charge is -2.16. The quantitative estimate of drug-likeness (QED) is 0.728. The smallest absolute Gasteiger partial charge is 0.169 e. The number of aromatic nitrogens is 3. The van der Waals surface area contributed by atoms with E-state index < -0.39 is 0 Å². The zero-order valence-electron chi connectivity index (χ0n) is 14.3. The van der Waals surface area contributed by atoms with Gasteiger partial charge in [-0.15, -0.1) is 0 Å². The molecule has 1 fully saturated rings. The maximum Gasteiger partial charge on any atom is 0.169 e. The Bertz CT molecular complexity index is 933. The molecule has 0 aromatic carbocycles. The molecule has 1 unspecified atom stereocenters. The van der Waals surface area contributed by atoms with Gasteiger partial charge < -0.3 is 14.2 Å². The Hall–Kier alpha value is -2.85. The van der Waals surface area contributed by atoms with Crippen LogP contribution in [0.15, 0.2) is 28.9 Å². The number of hydrogen-bond donors (Lipinski definition) is 0. The second-order valence-electron chi connectivity index (χ2n) is 6.30. The highest BCUT2D eigenvalue weighted by atomic mass is 16.5. The summed E-state index contributed by atoms with van der Waals surface area (Å²) < 4.78 is 13.1. The minimum Gasteiger partial charge on any atom is -0.371 e. The van der Waals surface area contributed by atoms with Crippen molar-refractivity contribution in [1.82, 2.24) is 14.5 Å². The van der Waals surface area contributed by atoms with E-state index in [1.807, 2.05) is 42.6 Å². The van der Waals surface area contributed by atoms with Crippen LogP contribution in [0, 0.1) is 25.2 Å². The first-order valence-corrected chi connectivity index (χ1v) is 8.33. The lowest BCUT2D eigenvalue weighted by atomic mass is 10.2. The topological polar surface area (TPSA) is 79.6 Å². The van der Waals surface area contributed by atoms with Crippen molar-refractivity contribution in [3.63, 3.8) is 0 Å². The molecule has 128 valence electrons. The number of imidazole rings is 1. The van der Waals surface area contributed by atoms with E-state index >= 15 is 0 Å².